The van der Waals surface area contributed by atoms with E-state index in [1.54, 1.807) is 6.20 Å². The van der Waals surface area contributed by atoms with E-state index in [0.717, 1.165) is 15.6 Å². The van der Waals surface area contributed by atoms with Crippen molar-refractivity contribution >= 4 is 11.3 Å². The maximum absolute atomic E-state index is 8.93. The third kappa shape index (κ3) is 3.05. The van der Waals surface area contributed by atoms with Gasteiger partial charge in [-0.05, 0) is 37.1 Å². The van der Waals surface area contributed by atoms with Crippen LogP contribution in [0.15, 0.2) is 24.4 Å². The van der Waals surface area contributed by atoms with Crippen molar-refractivity contribution in [2.75, 3.05) is 0 Å². The molecule has 0 aliphatic heterocycles. The van der Waals surface area contributed by atoms with Crippen LogP contribution in [0.3, 0.4) is 0 Å². The molecule has 0 atom stereocenters. The number of thiazole rings is 1. The number of ether oxygens (including phenoxy) is 1. The largest absolute Gasteiger partial charge is 0.486 e. The number of aliphatic hydroxyl groups excluding tert-OH is 1. The summed E-state index contributed by atoms with van der Waals surface area (Å²) in [7, 11) is 0. The van der Waals surface area contributed by atoms with Gasteiger partial charge in [-0.15, -0.1) is 11.3 Å². The predicted molar refractivity (Wildman–Crippen MR) is 68.3 cm³/mol. The first kappa shape index (κ1) is 12.1. The summed E-state index contributed by atoms with van der Waals surface area (Å²) in [6.45, 7) is 4.64. The van der Waals surface area contributed by atoms with Crippen molar-refractivity contribution in [3.63, 3.8) is 0 Å². The predicted octanol–water partition coefficient (Wildman–Crippen LogP) is 2.83. The fourth-order valence-electron chi connectivity index (χ4n) is 1.44. The summed E-state index contributed by atoms with van der Waals surface area (Å²) >= 11 is 1.47. The Morgan fingerprint density at radius 3 is 2.76 bits per heavy atom. The van der Waals surface area contributed by atoms with Crippen molar-refractivity contribution in [2.45, 2.75) is 27.1 Å². The van der Waals surface area contributed by atoms with Crippen LogP contribution >= 0.6 is 11.3 Å². The normalized spacial score (nSPS) is 10.5. The Bertz CT molecular complexity index is 508. The molecular formula is C13H15NO2S. The quantitative estimate of drug-likeness (QED) is 0.906. The van der Waals surface area contributed by atoms with E-state index in [2.05, 4.69) is 18.8 Å². The molecule has 0 amide bonds. The van der Waals surface area contributed by atoms with E-state index in [0.29, 0.717) is 6.61 Å². The average Bonchev–Trinajstić information content (AvgIpc) is 2.79. The van der Waals surface area contributed by atoms with Gasteiger partial charge in [0.05, 0.1) is 11.5 Å². The molecule has 2 rings (SSSR count). The highest BCUT2D eigenvalue weighted by Crippen LogP contribution is 2.19. The number of aryl methyl sites for hydroxylation is 2. The zero-order chi connectivity index (χ0) is 12.3. The summed E-state index contributed by atoms with van der Waals surface area (Å²) in [4.78, 5) is 5.04. The molecular weight excluding hydrogens is 234 g/mol. The monoisotopic (exact) mass is 249 g/mol. The minimum atomic E-state index is 0.0430. The molecule has 4 heteroatoms. The minimum Gasteiger partial charge on any atom is -0.486 e. The van der Waals surface area contributed by atoms with Gasteiger partial charge in [0.1, 0.15) is 17.4 Å². The van der Waals surface area contributed by atoms with E-state index in [4.69, 9.17) is 9.84 Å². The van der Waals surface area contributed by atoms with Crippen LogP contribution in [-0.4, -0.2) is 10.1 Å². The lowest BCUT2D eigenvalue weighted by Gasteiger charge is -2.06. The second-order valence-corrected chi connectivity index (χ2v) is 5.11. The molecule has 1 heterocycles. The number of hydrogen-bond acceptors (Lipinski definition) is 4. The molecule has 0 unspecified atom stereocenters. The van der Waals surface area contributed by atoms with Gasteiger partial charge in [-0.2, -0.15) is 0 Å². The standard InChI is InChI=1S/C13H15NO2S/c1-9-3-4-11(5-10(9)2)16-8-13-14-6-12(7-15)17-13/h3-6,15H,7-8H2,1-2H3. The van der Waals surface area contributed by atoms with Crippen molar-refractivity contribution in [1.82, 2.24) is 4.98 Å². The summed E-state index contributed by atoms with van der Waals surface area (Å²) in [5.41, 5.74) is 2.48. The topological polar surface area (TPSA) is 42.4 Å². The lowest BCUT2D eigenvalue weighted by Crippen LogP contribution is -1.95. The zero-order valence-corrected chi connectivity index (χ0v) is 10.8. The third-order valence-electron chi connectivity index (χ3n) is 2.60. The van der Waals surface area contributed by atoms with E-state index in [-0.39, 0.29) is 6.61 Å². The van der Waals surface area contributed by atoms with Crippen molar-refractivity contribution in [2.24, 2.45) is 0 Å². The second kappa shape index (κ2) is 5.29. The Hall–Kier alpha value is -1.39. The molecule has 0 saturated heterocycles. The van der Waals surface area contributed by atoms with Crippen LogP contribution in [-0.2, 0) is 13.2 Å². The average molecular weight is 249 g/mol. The number of hydrogen-bond donors (Lipinski definition) is 1. The maximum Gasteiger partial charge on any atom is 0.140 e. The molecule has 0 aliphatic rings. The van der Waals surface area contributed by atoms with Crippen molar-refractivity contribution in [3.05, 3.63) is 45.4 Å². The van der Waals surface area contributed by atoms with Gasteiger partial charge in [-0.1, -0.05) is 6.07 Å². The smallest absolute Gasteiger partial charge is 0.140 e. The molecule has 17 heavy (non-hydrogen) atoms. The van der Waals surface area contributed by atoms with Crippen LogP contribution in [0.4, 0.5) is 0 Å². The third-order valence-corrected chi connectivity index (χ3v) is 3.55. The van der Waals surface area contributed by atoms with Crippen molar-refractivity contribution in [3.8, 4) is 5.75 Å². The van der Waals surface area contributed by atoms with E-state index < -0.39 is 0 Å². The van der Waals surface area contributed by atoms with Gasteiger partial charge in [0, 0.05) is 6.20 Å². The first-order chi connectivity index (χ1) is 8.19. The van der Waals surface area contributed by atoms with Crippen LogP contribution in [0.1, 0.15) is 21.0 Å². The molecule has 2 aromatic rings. The Morgan fingerprint density at radius 1 is 1.29 bits per heavy atom. The van der Waals surface area contributed by atoms with Crippen LogP contribution in [0.2, 0.25) is 0 Å². The van der Waals surface area contributed by atoms with E-state index in [9.17, 15) is 0 Å². The van der Waals surface area contributed by atoms with Crippen LogP contribution in [0, 0.1) is 13.8 Å². The Balaban J connectivity index is 1.99. The molecule has 1 aromatic heterocycles. The Labute approximate surface area is 105 Å². The van der Waals surface area contributed by atoms with Gasteiger partial charge in [0.2, 0.25) is 0 Å². The maximum atomic E-state index is 8.93. The first-order valence-corrected chi connectivity index (χ1v) is 6.25. The number of aliphatic hydroxyl groups is 1. The molecule has 1 N–H and O–H groups in total. The van der Waals surface area contributed by atoms with Gasteiger partial charge in [-0.3, -0.25) is 0 Å². The fourth-order valence-corrected chi connectivity index (χ4v) is 2.13. The fraction of sp³-hybridized carbons (Fsp3) is 0.308. The molecule has 0 spiro atoms. The summed E-state index contributed by atoms with van der Waals surface area (Å²) in [6.07, 6.45) is 1.68. The summed E-state index contributed by atoms with van der Waals surface area (Å²) in [6, 6.07) is 6.03. The van der Waals surface area contributed by atoms with Gasteiger partial charge >= 0.3 is 0 Å². The lowest BCUT2D eigenvalue weighted by molar-refractivity contribution is 0.285. The van der Waals surface area contributed by atoms with Gasteiger partial charge < -0.3 is 9.84 Å². The first-order valence-electron chi connectivity index (χ1n) is 5.43. The molecule has 0 bridgehead atoms. The van der Waals surface area contributed by atoms with Gasteiger partial charge in [0.25, 0.3) is 0 Å². The van der Waals surface area contributed by atoms with Crippen LogP contribution in [0.25, 0.3) is 0 Å². The molecule has 3 nitrogen and oxygen atoms in total. The molecule has 0 fully saturated rings. The molecule has 0 radical (unpaired) electrons. The zero-order valence-electron chi connectivity index (χ0n) is 9.93. The highest BCUT2D eigenvalue weighted by atomic mass is 32.1. The van der Waals surface area contributed by atoms with E-state index in [1.165, 1.54) is 22.5 Å². The lowest BCUT2D eigenvalue weighted by atomic mass is 10.1. The number of rotatable bonds is 4. The van der Waals surface area contributed by atoms with E-state index >= 15 is 0 Å². The summed E-state index contributed by atoms with van der Waals surface area (Å²) in [5, 5.41) is 9.81. The Morgan fingerprint density at radius 2 is 2.12 bits per heavy atom. The molecule has 0 saturated carbocycles. The molecule has 90 valence electrons. The highest BCUT2D eigenvalue weighted by Gasteiger charge is 2.03. The molecule has 1 aromatic carbocycles. The SMILES string of the molecule is Cc1ccc(OCc2ncc(CO)s2)cc1C. The second-order valence-electron chi connectivity index (χ2n) is 3.91. The Kier molecular flexibility index (Phi) is 3.76. The molecule has 0 aliphatic carbocycles. The van der Waals surface area contributed by atoms with Gasteiger partial charge in [0.15, 0.2) is 0 Å². The number of nitrogens with zero attached hydrogens (tertiary/aromatic N) is 1. The van der Waals surface area contributed by atoms with Crippen LogP contribution < -0.4 is 4.74 Å². The number of benzene rings is 1. The summed E-state index contributed by atoms with van der Waals surface area (Å²) in [5.74, 6) is 0.855. The highest BCUT2D eigenvalue weighted by molar-refractivity contribution is 7.11. The van der Waals surface area contributed by atoms with Crippen molar-refractivity contribution < 1.29 is 9.84 Å². The summed E-state index contributed by atoms with van der Waals surface area (Å²) < 4.78 is 5.65. The van der Waals surface area contributed by atoms with Crippen LogP contribution in [0.5, 0.6) is 5.75 Å². The van der Waals surface area contributed by atoms with Crippen molar-refractivity contribution in [1.29, 1.82) is 0 Å². The minimum absolute atomic E-state index is 0.0430. The number of aromatic nitrogens is 1. The van der Waals surface area contributed by atoms with E-state index in [1.807, 2.05) is 18.2 Å². The van der Waals surface area contributed by atoms with Gasteiger partial charge in [-0.25, -0.2) is 4.98 Å².